The lowest BCUT2D eigenvalue weighted by Gasteiger charge is -2.32. The molecule has 14 heteroatoms. The highest BCUT2D eigenvalue weighted by Crippen LogP contribution is 2.38. The lowest BCUT2D eigenvalue weighted by Crippen LogP contribution is -2.57. The van der Waals surface area contributed by atoms with Crippen LogP contribution < -0.4 is 27.0 Å². The molecule has 3 atom stereocenters. The van der Waals surface area contributed by atoms with E-state index >= 15 is 0 Å². The van der Waals surface area contributed by atoms with Crippen LogP contribution in [-0.4, -0.2) is 77.9 Å². The number of para-hydroxylation sites is 1. The number of aromatic nitrogens is 2. The first-order valence-corrected chi connectivity index (χ1v) is 18.8. The van der Waals surface area contributed by atoms with Gasteiger partial charge in [0.1, 0.15) is 17.1 Å². The maximum absolute atomic E-state index is 14.4. The number of halogens is 2. The number of hydrogen-bond acceptors (Lipinski definition) is 8. The number of pyridine rings is 1. The number of nitrogens with two attached hydrogens (primary N) is 1. The number of nitrogens with one attached hydrogen (secondary N) is 5. The Morgan fingerprint density at radius 3 is 2.59 bits per heavy atom. The number of aromatic amines is 1. The van der Waals surface area contributed by atoms with E-state index in [0.29, 0.717) is 64.3 Å². The maximum atomic E-state index is 14.4. The van der Waals surface area contributed by atoms with Crippen molar-refractivity contribution < 1.29 is 14.4 Å². The second-order valence-electron chi connectivity index (χ2n) is 12.7. The van der Waals surface area contributed by atoms with E-state index in [1.807, 2.05) is 49.6 Å². The van der Waals surface area contributed by atoms with Gasteiger partial charge in [-0.1, -0.05) is 59.2 Å². The highest BCUT2D eigenvalue weighted by atomic mass is 35.5. The molecule has 0 fully saturated rings. The van der Waals surface area contributed by atoms with E-state index in [2.05, 4.69) is 31.2 Å². The molecular weight excluding hydrogens is 707 g/mol. The Kier molecular flexibility index (Phi) is 14.2. The molecule has 0 saturated carbocycles. The van der Waals surface area contributed by atoms with Crippen LogP contribution in [0, 0.1) is 0 Å². The fraction of sp³-hybridized carbons (Fsp3) is 0.405. The zero-order chi connectivity index (χ0) is 36.3. The molecule has 1 aliphatic heterocycles. The van der Waals surface area contributed by atoms with Crippen molar-refractivity contribution in [3.05, 3.63) is 87.7 Å². The maximum Gasteiger partial charge on any atom is 0.245 e. The number of amides is 3. The van der Waals surface area contributed by atoms with E-state index in [1.165, 1.54) is 16.7 Å². The van der Waals surface area contributed by atoms with Gasteiger partial charge in [-0.3, -0.25) is 14.4 Å². The summed E-state index contributed by atoms with van der Waals surface area (Å²) in [6.45, 7) is 1.64. The van der Waals surface area contributed by atoms with Gasteiger partial charge < -0.3 is 36.9 Å². The Morgan fingerprint density at radius 2 is 1.78 bits per heavy atom. The first kappa shape index (κ1) is 38.6. The Labute approximate surface area is 313 Å². The molecule has 0 unspecified atom stereocenters. The summed E-state index contributed by atoms with van der Waals surface area (Å²) >= 11 is 14.6. The number of unbranched alkanes of at least 4 members (excludes halogenated alkanes) is 1. The lowest BCUT2D eigenvalue weighted by molar-refractivity contribution is -0.142. The molecule has 51 heavy (non-hydrogen) atoms. The molecule has 3 heterocycles. The predicted molar refractivity (Wildman–Crippen MR) is 204 cm³/mol. The Balaban J connectivity index is 1.56. The summed E-state index contributed by atoms with van der Waals surface area (Å²) < 4.78 is 0. The lowest BCUT2D eigenvalue weighted by atomic mass is 10.0. The van der Waals surface area contributed by atoms with Crippen molar-refractivity contribution >= 4 is 63.6 Å². The molecule has 0 aliphatic carbocycles. The normalized spacial score (nSPS) is 19.3. The summed E-state index contributed by atoms with van der Waals surface area (Å²) in [6.07, 6.45) is 6.83. The van der Waals surface area contributed by atoms with Crippen LogP contribution in [0.25, 0.3) is 10.9 Å². The molecule has 4 aromatic rings. The Hall–Kier alpha value is -3.65. The van der Waals surface area contributed by atoms with E-state index < -0.39 is 18.1 Å². The zero-order valence-electron chi connectivity index (χ0n) is 28.9. The van der Waals surface area contributed by atoms with E-state index in [9.17, 15) is 14.4 Å². The average molecular weight is 754 g/mol. The molecule has 0 bridgehead atoms. The third-order valence-corrected chi connectivity index (χ3v) is 11.0. The van der Waals surface area contributed by atoms with Crippen molar-refractivity contribution in [1.29, 1.82) is 0 Å². The third kappa shape index (κ3) is 10.0. The van der Waals surface area contributed by atoms with Gasteiger partial charge in [-0.2, -0.15) is 0 Å². The minimum Gasteiger partial charge on any atom is -0.361 e. The minimum absolute atomic E-state index is 0.111. The van der Waals surface area contributed by atoms with Crippen molar-refractivity contribution in [2.45, 2.75) is 79.7 Å². The smallest absolute Gasteiger partial charge is 0.245 e. The van der Waals surface area contributed by atoms with Gasteiger partial charge in [0.05, 0.1) is 11.1 Å². The van der Waals surface area contributed by atoms with Gasteiger partial charge in [-0.05, 0) is 93.2 Å². The Bertz CT molecular complexity index is 1820. The monoisotopic (exact) mass is 752 g/mol. The zero-order valence-corrected chi connectivity index (χ0v) is 31.3. The standard InChI is InChI=1S/C37H46Cl2N8O3S/c1-41-15-6-5-12-31-37(50)47(2)32(18-24-21-43-29-11-4-3-10-27(24)29)35(49)45-22-25-17-26(38)19-28(39)33(25)51-36-23(9-8-16-42-36)20-44-30(13-7-14-40)34(48)46-31/h3-4,8-11,16-17,19,21,30-32,41,43-44H,5-7,12-15,18,20,22,40H2,1-2H3,(H,45,49)(H,46,48)/t30-,31-,32-/m0/s1. The minimum atomic E-state index is -0.900. The summed E-state index contributed by atoms with van der Waals surface area (Å²) in [5.74, 6) is -0.994. The quantitative estimate of drug-likeness (QED) is 0.126. The van der Waals surface area contributed by atoms with Crippen molar-refractivity contribution in [2.24, 2.45) is 5.73 Å². The van der Waals surface area contributed by atoms with Crippen LogP contribution in [0.5, 0.6) is 0 Å². The fourth-order valence-electron chi connectivity index (χ4n) is 6.28. The second kappa shape index (κ2) is 18.7. The van der Waals surface area contributed by atoms with Crippen molar-refractivity contribution in [3.8, 4) is 0 Å². The van der Waals surface area contributed by atoms with Crippen LogP contribution in [0.1, 0.15) is 48.8 Å². The molecule has 0 saturated heterocycles. The van der Waals surface area contributed by atoms with Crippen LogP contribution in [0.3, 0.4) is 0 Å². The van der Waals surface area contributed by atoms with Gasteiger partial charge in [-0.25, -0.2) is 4.98 Å². The van der Waals surface area contributed by atoms with Crippen LogP contribution in [0.15, 0.2) is 70.8 Å². The number of rotatable bonds is 10. The average Bonchev–Trinajstić information content (AvgIpc) is 3.54. The number of nitrogens with zero attached hydrogens (tertiary/aromatic N) is 2. The predicted octanol–water partition coefficient (Wildman–Crippen LogP) is 4.79. The first-order valence-electron chi connectivity index (χ1n) is 17.3. The molecule has 2 aromatic heterocycles. The second-order valence-corrected chi connectivity index (χ2v) is 14.6. The van der Waals surface area contributed by atoms with Crippen LogP contribution in [0.4, 0.5) is 0 Å². The number of H-pyrrole nitrogens is 1. The van der Waals surface area contributed by atoms with Crippen molar-refractivity contribution in [1.82, 2.24) is 36.1 Å². The van der Waals surface area contributed by atoms with E-state index in [0.717, 1.165) is 35.0 Å². The molecule has 3 amide bonds. The van der Waals surface area contributed by atoms with E-state index in [-0.39, 0.29) is 30.7 Å². The van der Waals surface area contributed by atoms with Crippen molar-refractivity contribution in [3.63, 3.8) is 0 Å². The number of hydrogen-bond donors (Lipinski definition) is 6. The van der Waals surface area contributed by atoms with E-state index in [4.69, 9.17) is 28.9 Å². The molecule has 2 aromatic carbocycles. The molecule has 0 radical (unpaired) electrons. The fourth-order valence-corrected chi connectivity index (χ4v) is 7.93. The number of likely N-dealkylation sites (N-methyl/N-ethyl adjacent to an activating group) is 1. The van der Waals surface area contributed by atoms with Crippen molar-refractivity contribution in [2.75, 3.05) is 27.2 Å². The number of fused-ring (bicyclic) bond motifs is 3. The molecule has 0 spiro atoms. The largest absolute Gasteiger partial charge is 0.361 e. The van der Waals surface area contributed by atoms with Crippen LogP contribution >= 0.6 is 35.0 Å². The van der Waals surface area contributed by atoms with E-state index in [1.54, 1.807) is 25.4 Å². The SMILES string of the molecule is CNCCCC[C@@H]1NC(=O)[C@H](CCCN)NCc2cccnc2Sc2c(Cl)cc(Cl)cc2CNC(=O)[C@H](Cc2c[nH]c3ccccc23)N(C)C1=O. The van der Waals surface area contributed by atoms with Gasteiger partial charge in [0.15, 0.2) is 0 Å². The topological polar surface area (TPSA) is 157 Å². The number of carbonyl (C=O) groups is 3. The van der Waals surface area contributed by atoms with Gasteiger partial charge in [0.2, 0.25) is 17.7 Å². The van der Waals surface area contributed by atoms with Gasteiger partial charge >= 0.3 is 0 Å². The molecular formula is C37H46Cl2N8O3S. The molecule has 5 rings (SSSR count). The molecule has 1 aliphatic rings. The highest BCUT2D eigenvalue weighted by Gasteiger charge is 2.34. The summed E-state index contributed by atoms with van der Waals surface area (Å²) in [5.41, 5.74) is 9.26. The Morgan fingerprint density at radius 1 is 0.980 bits per heavy atom. The van der Waals surface area contributed by atoms with Gasteiger partial charge in [0, 0.05) is 59.8 Å². The first-order chi connectivity index (χ1) is 24.7. The highest BCUT2D eigenvalue weighted by molar-refractivity contribution is 7.99. The molecule has 11 nitrogen and oxygen atoms in total. The van der Waals surface area contributed by atoms with Gasteiger partial charge in [0.25, 0.3) is 0 Å². The summed E-state index contributed by atoms with van der Waals surface area (Å²) in [4.78, 5) is 52.8. The summed E-state index contributed by atoms with van der Waals surface area (Å²) in [7, 11) is 3.51. The molecule has 272 valence electrons. The number of carbonyl (C=O) groups excluding carboxylic acids is 3. The summed E-state index contributed by atoms with van der Waals surface area (Å²) in [6, 6.07) is 12.7. The number of benzene rings is 2. The van der Waals surface area contributed by atoms with Crippen LogP contribution in [0.2, 0.25) is 10.0 Å². The van der Waals surface area contributed by atoms with Crippen LogP contribution in [-0.2, 0) is 33.9 Å². The third-order valence-electron chi connectivity index (χ3n) is 9.13. The molecule has 7 N–H and O–H groups in total. The summed E-state index contributed by atoms with van der Waals surface area (Å²) in [5, 5.41) is 15.2. The van der Waals surface area contributed by atoms with Gasteiger partial charge in [-0.15, -0.1) is 0 Å².